The van der Waals surface area contributed by atoms with Crippen molar-refractivity contribution in [3.8, 4) is 0 Å². The van der Waals surface area contributed by atoms with Gasteiger partial charge in [0.2, 0.25) is 0 Å². The first-order chi connectivity index (χ1) is 7.68. The molecule has 1 fully saturated rings. The summed E-state index contributed by atoms with van der Waals surface area (Å²) in [5.41, 5.74) is 3.93. The Morgan fingerprint density at radius 1 is 1.25 bits per heavy atom. The normalized spacial score (nSPS) is 17.9. The summed E-state index contributed by atoms with van der Waals surface area (Å²) in [6, 6.07) is 0. The van der Waals surface area contributed by atoms with Gasteiger partial charge in [-0.25, -0.2) is 0 Å². The Balaban J connectivity index is 1.93. The standard InChI is InChI=1S/C12H22N4/c1-10-12(11(2)15(3)14-10)4-7-16-8-5-13-6-9-16/h13H,4-9H2,1-3H3. The minimum absolute atomic E-state index is 1.13. The van der Waals surface area contributed by atoms with E-state index in [9.17, 15) is 0 Å². The molecule has 1 saturated heterocycles. The Labute approximate surface area is 97.6 Å². The second-order valence-electron chi connectivity index (χ2n) is 4.61. The zero-order valence-corrected chi connectivity index (χ0v) is 10.6. The Hall–Kier alpha value is -0.870. The molecule has 0 amide bonds. The molecule has 1 aliphatic heterocycles. The van der Waals surface area contributed by atoms with Crippen molar-refractivity contribution >= 4 is 0 Å². The number of aromatic nitrogens is 2. The lowest BCUT2D eigenvalue weighted by Crippen LogP contribution is -2.44. The third-order valence-electron chi connectivity index (χ3n) is 3.55. The molecular formula is C12H22N4. The fourth-order valence-corrected chi connectivity index (χ4v) is 2.38. The Morgan fingerprint density at radius 2 is 1.94 bits per heavy atom. The van der Waals surface area contributed by atoms with Crippen LogP contribution in [0.3, 0.4) is 0 Å². The number of rotatable bonds is 3. The largest absolute Gasteiger partial charge is 0.314 e. The van der Waals surface area contributed by atoms with Gasteiger partial charge >= 0.3 is 0 Å². The third-order valence-corrected chi connectivity index (χ3v) is 3.55. The number of hydrogen-bond acceptors (Lipinski definition) is 3. The fourth-order valence-electron chi connectivity index (χ4n) is 2.38. The number of hydrogen-bond donors (Lipinski definition) is 1. The van der Waals surface area contributed by atoms with Crippen LogP contribution in [0.2, 0.25) is 0 Å². The molecule has 2 heterocycles. The molecule has 0 bridgehead atoms. The fraction of sp³-hybridized carbons (Fsp3) is 0.750. The van der Waals surface area contributed by atoms with Crippen LogP contribution in [-0.4, -0.2) is 47.4 Å². The van der Waals surface area contributed by atoms with E-state index in [-0.39, 0.29) is 0 Å². The van der Waals surface area contributed by atoms with E-state index in [4.69, 9.17) is 0 Å². The zero-order valence-electron chi connectivity index (χ0n) is 10.6. The lowest BCUT2D eigenvalue weighted by atomic mass is 10.1. The van der Waals surface area contributed by atoms with Crippen molar-refractivity contribution in [2.75, 3.05) is 32.7 Å². The summed E-state index contributed by atoms with van der Waals surface area (Å²) in [5.74, 6) is 0. The maximum atomic E-state index is 4.46. The van der Waals surface area contributed by atoms with Crippen molar-refractivity contribution < 1.29 is 0 Å². The lowest BCUT2D eigenvalue weighted by molar-refractivity contribution is 0.243. The van der Waals surface area contributed by atoms with E-state index in [1.807, 2.05) is 11.7 Å². The lowest BCUT2D eigenvalue weighted by Gasteiger charge is -2.27. The van der Waals surface area contributed by atoms with Crippen molar-refractivity contribution in [3.63, 3.8) is 0 Å². The molecule has 4 nitrogen and oxygen atoms in total. The van der Waals surface area contributed by atoms with E-state index in [1.165, 1.54) is 30.0 Å². The van der Waals surface area contributed by atoms with E-state index in [1.54, 1.807) is 0 Å². The molecule has 90 valence electrons. The summed E-state index contributed by atoms with van der Waals surface area (Å²) >= 11 is 0. The molecule has 4 heteroatoms. The average Bonchev–Trinajstić information content (AvgIpc) is 2.53. The van der Waals surface area contributed by atoms with Crippen LogP contribution in [0.4, 0.5) is 0 Å². The molecule has 16 heavy (non-hydrogen) atoms. The van der Waals surface area contributed by atoms with Crippen LogP contribution in [0.1, 0.15) is 17.0 Å². The Morgan fingerprint density at radius 3 is 2.50 bits per heavy atom. The molecule has 0 spiro atoms. The van der Waals surface area contributed by atoms with Crippen molar-refractivity contribution in [2.24, 2.45) is 7.05 Å². The summed E-state index contributed by atoms with van der Waals surface area (Å²) in [6.07, 6.45) is 1.13. The van der Waals surface area contributed by atoms with Crippen molar-refractivity contribution in [2.45, 2.75) is 20.3 Å². The quantitative estimate of drug-likeness (QED) is 0.808. The molecule has 0 atom stereocenters. The molecule has 1 aromatic rings. The topological polar surface area (TPSA) is 33.1 Å². The first-order valence-corrected chi connectivity index (χ1v) is 6.10. The highest BCUT2D eigenvalue weighted by atomic mass is 15.3. The van der Waals surface area contributed by atoms with Gasteiger partial charge in [0.15, 0.2) is 0 Å². The van der Waals surface area contributed by atoms with Gasteiger partial charge in [-0.2, -0.15) is 5.10 Å². The molecule has 0 saturated carbocycles. The Kier molecular flexibility index (Phi) is 3.61. The number of piperazine rings is 1. The van der Waals surface area contributed by atoms with E-state index in [0.717, 1.165) is 26.1 Å². The molecule has 1 N–H and O–H groups in total. The van der Waals surface area contributed by atoms with Crippen LogP contribution in [0.15, 0.2) is 0 Å². The number of nitrogens with one attached hydrogen (secondary N) is 1. The minimum atomic E-state index is 1.13. The van der Waals surface area contributed by atoms with Gasteiger partial charge in [-0.15, -0.1) is 0 Å². The van der Waals surface area contributed by atoms with E-state index in [2.05, 4.69) is 29.2 Å². The molecule has 0 unspecified atom stereocenters. The average molecular weight is 222 g/mol. The maximum Gasteiger partial charge on any atom is 0.0628 e. The third kappa shape index (κ3) is 2.44. The summed E-state index contributed by atoms with van der Waals surface area (Å²) in [5, 5.41) is 7.84. The van der Waals surface area contributed by atoms with E-state index in [0.29, 0.717) is 0 Å². The predicted octanol–water partition coefficient (Wildman–Crippen LogP) is 0.485. The molecular weight excluding hydrogens is 200 g/mol. The van der Waals surface area contributed by atoms with Crippen molar-refractivity contribution in [1.29, 1.82) is 0 Å². The van der Waals surface area contributed by atoms with E-state index >= 15 is 0 Å². The van der Waals surface area contributed by atoms with Crippen LogP contribution in [0, 0.1) is 13.8 Å². The van der Waals surface area contributed by atoms with Gasteiger partial charge in [0.05, 0.1) is 5.69 Å². The monoisotopic (exact) mass is 222 g/mol. The van der Waals surface area contributed by atoms with Gasteiger partial charge in [-0.1, -0.05) is 0 Å². The van der Waals surface area contributed by atoms with Gasteiger partial charge < -0.3 is 10.2 Å². The number of nitrogens with zero attached hydrogens (tertiary/aromatic N) is 3. The number of aryl methyl sites for hydroxylation is 2. The van der Waals surface area contributed by atoms with Crippen LogP contribution in [0.5, 0.6) is 0 Å². The van der Waals surface area contributed by atoms with Gasteiger partial charge in [0.1, 0.15) is 0 Å². The molecule has 0 aliphatic carbocycles. The second-order valence-corrected chi connectivity index (χ2v) is 4.61. The van der Waals surface area contributed by atoms with Crippen LogP contribution in [0.25, 0.3) is 0 Å². The highest BCUT2D eigenvalue weighted by Gasteiger charge is 2.13. The summed E-state index contributed by atoms with van der Waals surface area (Å²) in [4.78, 5) is 2.53. The highest BCUT2D eigenvalue weighted by Crippen LogP contribution is 2.13. The van der Waals surface area contributed by atoms with Gasteiger partial charge in [0.25, 0.3) is 0 Å². The minimum Gasteiger partial charge on any atom is -0.314 e. The molecule has 0 radical (unpaired) electrons. The van der Waals surface area contributed by atoms with Crippen LogP contribution < -0.4 is 5.32 Å². The summed E-state index contributed by atoms with van der Waals surface area (Å²) in [6.45, 7) is 10.1. The van der Waals surface area contributed by atoms with Gasteiger partial charge in [-0.05, 0) is 25.8 Å². The molecule has 2 rings (SSSR count). The van der Waals surface area contributed by atoms with Crippen LogP contribution >= 0.6 is 0 Å². The second kappa shape index (κ2) is 4.97. The SMILES string of the molecule is Cc1nn(C)c(C)c1CCN1CCNCC1. The van der Waals surface area contributed by atoms with E-state index < -0.39 is 0 Å². The first-order valence-electron chi connectivity index (χ1n) is 6.10. The van der Waals surface area contributed by atoms with Crippen molar-refractivity contribution in [3.05, 3.63) is 17.0 Å². The smallest absolute Gasteiger partial charge is 0.0628 e. The maximum absolute atomic E-state index is 4.46. The molecule has 1 aromatic heterocycles. The summed E-state index contributed by atoms with van der Waals surface area (Å²) < 4.78 is 1.99. The first kappa shape index (κ1) is 11.6. The van der Waals surface area contributed by atoms with Crippen molar-refractivity contribution in [1.82, 2.24) is 20.0 Å². The summed E-state index contributed by atoms with van der Waals surface area (Å²) in [7, 11) is 2.02. The van der Waals surface area contributed by atoms with Gasteiger partial charge in [0, 0.05) is 45.5 Å². The van der Waals surface area contributed by atoms with Crippen LogP contribution in [-0.2, 0) is 13.5 Å². The van der Waals surface area contributed by atoms with Gasteiger partial charge in [-0.3, -0.25) is 4.68 Å². The molecule has 1 aliphatic rings. The predicted molar refractivity (Wildman–Crippen MR) is 65.7 cm³/mol. The highest BCUT2D eigenvalue weighted by molar-refractivity contribution is 5.24. The zero-order chi connectivity index (χ0) is 11.5. The Bertz CT molecular complexity index is 350. The molecule has 0 aromatic carbocycles.